The summed E-state index contributed by atoms with van der Waals surface area (Å²) in [7, 11) is 1.56. The highest BCUT2D eigenvalue weighted by Crippen LogP contribution is 2.28. The van der Waals surface area contributed by atoms with Gasteiger partial charge in [0.2, 0.25) is 0 Å². The zero-order chi connectivity index (χ0) is 14.5. The highest BCUT2D eigenvalue weighted by molar-refractivity contribution is 6.32. The smallest absolute Gasteiger partial charge is 0.137 e. The van der Waals surface area contributed by atoms with Crippen LogP contribution in [0.15, 0.2) is 42.5 Å². The average molecular weight is 295 g/mol. The molecule has 2 rings (SSSR count). The van der Waals surface area contributed by atoms with E-state index < -0.39 is 0 Å². The summed E-state index contributed by atoms with van der Waals surface area (Å²) in [6.45, 7) is 0.360. The summed E-state index contributed by atoms with van der Waals surface area (Å²) in [6.07, 6.45) is 0. The Labute approximate surface area is 122 Å². The van der Waals surface area contributed by atoms with E-state index in [9.17, 15) is 4.39 Å². The second-order valence-corrected chi connectivity index (χ2v) is 4.74. The molecule has 0 aliphatic rings. The first-order valence-corrected chi connectivity index (χ1v) is 6.57. The molecule has 0 saturated heterocycles. The fourth-order valence-corrected chi connectivity index (χ4v) is 2.22. The molecule has 0 aliphatic carbocycles. The minimum Gasteiger partial charge on any atom is -0.495 e. The maximum atomic E-state index is 13.2. The zero-order valence-corrected chi connectivity index (χ0v) is 11.8. The molecule has 2 aromatic carbocycles. The molecular formula is C15H16ClFN2O. The third-order valence-corrected chi connectivity index (χ3v) is 3.27. The second kappa shape index (κ2) is 6.59. The Morgan fingerprint density at radius 2 is 2.10 bits per heavy atom. The van der Waals surface area contributed by atoms with Crippen molar-refractivity contribution in [3.8, 4) is 5.75 Å². The van der Waals surface area contributed by atoms with Crippen molar-refractivity contribution in [3.63, 3.8) is 0 Å². The van der Waals surface area contributed by atoms with E-state index in [4.69, 9.17) is 22.1 Å². The average Bonchev–Trinajstić information content (AvgIpc) is 2.44. The Morgan fingerprint density at radius 3 is 2.70 bits per heavy atom. The van der Waals surface area contributed by atoms with Gasteiger partial charge in [0.1, 0.15) is 11.6 Å². The Kier molecular flexibility index (Phi) is 4.82. The summed E-state index contributed by atoms with van der Waals surface area (Å²) < 4.78 is 18.3. The molecular weight excluding hydrogens is 279 g/mol. The predicted molar refractivity (Wildman–Crippen MR) is 79.8 cm³/mol. The lowest BCUT2D eigenvalue weighted by Crippen LogP contribution is -2.20. The van der Waals surface area contributed by atoms with Crippen LogP contribution in [0.5, 0.6) is 5.75 Å². The van der Waals surface area contributed by atoms with Crippen molar-refractivity contribution in [3.05, 3.63) is 58.9 Å². The molecule has 3 N–H and O–H groups in total. The number of anilines is 1. The SMILES string of the molecule is COc1ccc(C(CN)Nc2cccc(F)c2)cc1Cl. The van der Waals surface area contributed by atoms with Gasteiger partial charge >= 0.3 is 0 Å². The predicted octanol–water partition coefficient (Wildman–Crippen LogP) is 3.60. The molecule has 1 unspecified atom stereocenters. The van der Waals surface area contributed by atoms with E-state index in [1.807, 2.05) is 6.07 Å². The van der Waals surface area contributed by atoms with Crippen molar-refractivity contribution in [2.45, 2.75) is 6.04 Å². The van der Waals surface area contributed by atoms with E-state index in [2.05, 4.69) is 5.32 Å². The third kappa shape index (κ3) is 3.40. The monoisotopic (exact) mass is 294 g/mol. The molecule has 0 fully saturated rings. The van der Waals surface area contributed by atoms with E-state index in [0.717, 1.165) is 5.56 Å². The van der Waals surface area contributed by atoms with Crippen molar-refractivity contribution in [2.24, 2.45) is 5.73 Å². The highest BCUT2D eigenvalue weighted by Gasteiger charge is 2.12. The molecule has 1 atom stereocenters. The topological polar surface area (TPSA) is 47.3 Å². The molecule has 0 saturated carbocycles. The summed E-state index contributed by atoms with van der Waals surface area (Å²) in [4.78, 5) is 0. The van der Waals surface area contributed by atoms with E-state index in [1.165, 1.54) is 12.1 Å². The van der Waals surface area contributed by atoms with Gasteiger partial charge in [-0.15, -0.1) is 0 Å². The minimum atomic E-state index is -0.293. The maximum Gasteiger partial charge on any atom is 0.137 e. The number of nitrogens with two attached hydrogens (primary N) is 1. The van der Waals surface area contributed by atoms with E-state index in [1.54, 1.807) is 31.4 Å². The van der Waals surface area contributed by atoms with Crippen LogP contribution in [0.3, 0.4) is 0 Å². The highest BCUT2D eigenvalue weighted by atomic mass is 35.5. The molecule has 0 aliphatic heterocycles. The van der Waals surface area contributed by atoms with E-state index in [-0.39, 0.29) is 11.9 Å². The first kappa shape index (κ1) is 14.6. The van der Waals surface area contributed by atoms with Gasteiger partial charge in [0.05, 0.1) is 18.2 Å². The maximum absolute atomic E-state index is 13.2. The quantitative estimate of drug-likeness (QED) is 0.886. The van der Waals surface area contributed by atoms with Crippen LogP contribution in [0.4, 0.5) is 10.1 Å². The van der Waals surface area contributed by atoms with Gasteiger partial charge in [-0.25, -0.2) is 4.39 Å². The molecule has 3 nitrogen and oxygen atoms in total. The lowest BCUT2D eigenvalue weighted by molar-refractivity contribution is 0.415. The number of ether oxygens (including phenoxy) is 1. The number of benzene rings is 2. The number of nitrogens with one attached hydrogen (secondary N) is 1. The Bertz CT molecular complexity index is 592. The Balaban J connectivity index is 2.22. The van der Waals surface area contributed by atoms with E-state index >= 15 is 0 Å². The van der Waals surface area contributed by atoms with Crippen molar-refractivity contribution in [1.29, 1.82) is 0 Å². The zero-order valence-electron chi connectivity index (χ0n) is 11.1. The number of rotatable bonds is 5. The van der Waals surface area contributed by atoms with Gasteiger partial charge in [-0.1, -0.05) is 23.7 Å². The molecule has 0 bridgehead atoms. The molecule has 0 spiro atoms. The summed E-state index contributed by atoms with van der Waals surface area (Å²) in [6, 6.07) is 11.6. The van der Waals surface area contributed by atoms with Crippen LogP contribution in [0, 0.1) is 5.82 Å². The number of hydrogen-bond acceptors (Lipinski definition) is 3. The van der Waals surface area contributed by atoms with Crippen molar-refractivity contribution in [1.82, 2.24) is 0 Å². The third-order valence-electron chi connectivity index (χ3n) is 2.98. The van der Waals surface area contributed by atoms with Gasteiger partial charge in [0, 0.05) is 12.2 Å². The normalized spacial score (nSPS) is 12.0. The van der Waals surface area contributed by atoms with Crippen LogP contribution in [-0.4, -0.2) is 13.7 Å². The molecule has 20 heavy (non-hydrogen) atoms. The van der Waals surface area contributed by atoms with Crippen molar-refractivity contribution < 1.29 is 9.13 Å². The summed E-state index contributed by atoms with van der Waals surface area (Å²) in [5, 5.41) is 3.70. The van der Waals surface area contributed by atoms with E-state index in [0.29, 0.717) is 23.0 Å². The van der Waals surface area contributed by atoms with Crippen LogP contribution in [0.1, 0.15) is 11.6 Å². The molecule has 2 aromatic rings. The molecule has 0 aromatic heterocycles. The van der Waals surface area contributed by atoms with Crippen LogP contribution in [0.25, 0.3) is 0 Å². The number of halogens is 2. The van der Waals surface area contributed by atoms with Crippen LogP contribution in [-0.2, 0) is 0 Å². The van der Waals surface area contributed by atoms with Crippen LogP contribution >= 0.6 is 11.6 Å². The Morgan fingerprint density at radius 1 is 1.30 bits per heavy atom. The summed E-state index contributed by atoms with van der Waals surface area (Å²) >= 11 is 6.11. The largest absolute Gasteiger partial charge is 0.495 e. The van der Waals surface area contributed by atoms with Gasteiger partial charge in [-0.05, 0) is 35.9 Å². The molecule has 0 radical (unpaired) electrons. The van der Waals surface area contributed by atoms with Gasteiger partial charge in [-0.2, -0.15) is 0 Å². The first-order valence-electron chi connectivity index (χ1n) is 6.19. The fraction of sp³-hybridized carbons (Fsp3) is 0.200. The Hall–Kier alpha value is -1.78. The lowest BCUT2D eigenvalue weighted by Gasteiger charge is -2.19. The standard InChI is InChI=1S/C15H16ClFN2O/c1-20-15-6-5-10(7-13(15)16)14(9-18)19-12-4-2-3-11(17)8-12/h2-8,14,19H,9,18H2,1H3. The molecule has 5 heteroatoms. The van der Waals surface area contributed by atoms with Crippen LogP contribution < -0.4 is 15.8 Å². The van der Waals surface area contributed by atoms with Crippen LogP contribution in [0.2, 0.25) is 5.02 Å². The van der Waals surface area contributed by atoms with Gasteiger partial charge in [-0.3, -0.25) is 0 Å². The molecule has 0 amide bonds. The van der Waals surface area contributed by atoms with Crippen molar-refractivity contribution >= 4 is 17.3 Å². The minimum absolute atomic E-state index is 0.153. The number of hydrogen-bond donors (Lipinski definition) is 2. The fourth-order valence-electron chi connectivity index (χ4n) is 1.96. The van der Waals surface area contributed by atoms with Gasteiger partial charge in [0.25, 0.3) is 0 Å². The number of methoxy groups -OCH3 is 1. The van der Waals surface area contributed by atoms with Gasteiger partial charge in [0.15, 0.2) is 0 Å². The first-order chi connectivity index (χ1) is 9.63. The van der Waals surface area contributed by atoms with Gasteiger partial charge < -0.3 is 15.8 Å². The van der Waals surface area contributed by atoms with Crippen molar-refractivity contribution in [2.75, 3.05) is 19.0 Å². The second-order valence-electron chi connectivity index (χ2n) is 4.34. The summed E-state index contributed by atoms with van der Waals surface area (Å²) in [5.41, 5.74) is 7.37. The molecule has 106 valence electrons. The summed E-state index contributed by atoms with van der Waals surface area (Å²) in [5.74, 6) is 0.315. The lowest BCUT2D eigenvalue weighted by atomic mass is 10.1. The molecule has 0 heterocycles.